The van der Waals surface area contributed by atoms with Crippen molar-refractivity contribution in [3.05, 3.63) is 18.0 Å². The fourth-order valence-corrected chi connectivity index (χ4v) is 1.95. The molecule has 1 N–H and O–H groups in total. The first-order chi connectivity index (χ1) is 6.77. The van der Waals surface area contributed by atoms with Gasteiger partial charge in [0.15, 0.2) is 0 Å². The molecule has 2 heterocycles. The summed E-state index contributed by atoms with van der Waals surface area (Å²) >= 11 is 0. The summed E-state index contributed by atoms with van der Waals surface area (Å²) in [7, 11) is 0. The van der Waals surface area contributed by atoms with E-state index in [4.69, 9.17) is 0 Å². The maximum Gasteiger partial charge on any atom is 0.233 e. The van der Waals surface area contributed by atoms with Crippen LogP contribution in [0.4, 0.5) is 0 Å². The van der Waals surface area contributed by atoms with Gasteiger partial charge in [-0.3, -0.25) is 19.6 Å². The van der Waals surface area contributed by atoms with E-state index in [-0.39, 0.29) is 23.7 Å². The Morgan fingerprint density at radius 2 is 2.14 bits per heavy atom. The average molecular weight is 191 g/mol. The highest BCUT2D eigenvalue weighted by atomic mass is 16.2. The van der Waals surface area contributed by atoms with Crippen molar-refractivity contribution in [2.75, 3.05) is 0 Å². The molecule has 2 amide bonds. The molecule has 0 bridgehead atoms. The number of likely N-dealkylation sites (tertiary alicyclic amines) is 1. The van der Waals surface area contributed by atoms with Gasteiger partial charge in [0.2, 0.25) is 11.8 Å². The number of aromatic nitrogens is 2. The molecule has 5 heteroatoms. The van der Waals surface area contributed by atoms with Gasteiger partial charge in [0.1, 0.15) is 0 Å². The van der Waals surface area contributed by atoms with Crippen molar-refractivity contribution < 1.29 is 9.59 Å². The summed E-state index contributed by atoms with van der Waals surface area (Å²) in [4.78, 5) is 24.4. The monoisotopic (exact) mass is 191 g/mol. The minimum absolute atomic E-state index is 0.00887. The Balaban J connectivity index is 1.80. The van der Waals surface area contributed by atoms with Crippen molar-refractivity contribution in [2.24, 2.45) is 11.8 Å². The maximum atomic E-state index is 11.6. The zero-order chi connectivity index (χ0) is 9.71. The zero-order valence-corrected chi connectivity index (χ0v) is 7.43. The lowest BCUT2D eigenvalue weighted by atomic mass is 10.3. The van der Waals surface area contributed by atoms with Gasteiger partial charge in [-0.1, -0.05) is 0 Å². The highest BCUT2D eigenvalue weighted by Crippen LogP contribution is 2.47. The molecule has 1 aromatic rings. The molecule has 1 aliphatic carbocycles. The smallest absolute Gasteiger partial charge is 0.233 e. The highest BCUT2D eigenvalue weighted by molar-refractivity contribution is 6.08. The van der Waals surface area contributed by atoms with Gasteiger partial charge in [-0.2, -0.15) is 5.10 Å². The first-order valence-electron chi connectivity index (χ1n) is 4.61. The second kappa shape index (κ2) is 2.43. The molecule has 1 saturated carbocycles. The van der Waals surface area contributed by atoms with E-state index < -0.39 is 0 Å². The summed E-state index contributed by atoms with van der Waals surface area (Å²) in [6.45, 7) is 0.338. The fourth-order valence-electron chi connectivity index (χ4n) is 1.95. The molecule has 2 atom stereocenters. The van der Waals surface area contributed by atoms with Crippen LogP contribution in [0.2, 0.25) is 0 Å². The molecule has 72 valence electrons. The molecular weight excluding hydrogens is 182 g/mol. The van der Waals surface area contributed by atoms with E-state index in [2.05, 4.69) is 10.2 Å². The standard InChI is InChI=1S/C9H9N3O2/c13-8-6-3-7(6)9(14)12(8)4-5-1-2-10-11-5/h1-2,6-7H,3-4H2,(H,10,11). The predicted octanol–water partition coefficient (Wildman–Crippen LogP) is -0.0854. The minimum atomic E-state index is -0.0189. The van der Waals surface area contributed by atoms with E-state index in [0.29, 0.717) is 6.54 Å². The van der Waals surface area contributed by atoms with Gasteiger partial charge in [-0.25, -0.2) is 0 Å². The van der Waals surface area contributed by atoms with E-state index in [1.165, 1.54) is 4.90 Å². The summed E-state index contributed by atoms with van der Waals surface area (Å²) < 4.78 is 0. The molecule has 2 unspecified atom stereocenters. The Labute approximate surface area is 80.1 Å². The first-order valence-corrected chi connectivity index (χ1v) is 4.61. The van der Waals surface area contributed by atoms with Gasteiger partial charge < -0.3 is 0 Å². The zero-order valence-electron chi connectivity index (χ0n) is 7.43. The number of nitrogens with one attached hydrogen (secondary N) is 1. The number of hydrogen-bond donors (Lipinski definition) is 1. The largest absolute Gasteiger partial charge is 0.281 e. The summed E-state index contributed by atoms with van der Waals surface area (Å²) in [6, 6.07) is 1.77. The Bertz CT molecular complexity index is 378. The Kier molecular flexibility index (Phi) is 1.34. The average Bonchev–Trinajstić information content (AvgIpc) is 2.75. The van der Waals surface area contributed by atoms with E-state index in [9.17, 15) is 9.59 Å². The predicted molar refractivity (Wildman–Crippen MR) is 45.7 cm³/mol. The molecule has 1 aliphatic heterocycles. The number of amides is 2. The number of fused-ring (bicyclic) bond motifs is 1. The highest BCUT2D eigenvalue weighted by Gasteiger charge is 2.58. The summed E-state index contributed by atoms with van der Waals surface area (Å²) in [5.74, 6) is -0.0555. The molecule has 2 aliphatic rings. The normalized spacial score (nSPS) is 29.6. The molecular formula is C9H9N3O2. The van der Waals surface area contributed by atoms with Crippen LogP contribution < -0.4 is 0 Å². The molecule has 2 fully saturated rings. The van der Waals surface area contributed by atoms with Crippen LogP contribution in [0.1, 0.15) is 12.1 Å². The number of H-pyrrole nitrogens is 1. The topological polar surface area (TPSA) is 66.1 Å². The van der Waals surface area contributed by atoms with Crippen LogP contribution in [0.15, 0.2) is 12.3 Å². The van der Waals surface area contributed by atoms with Gasteiger partial charge in [0.25, 0.3) is 0 Å². The van der Waals surface area contributed by atoms with Crippen LogP contribution >= 0.6 is 0 Å². The van der Waals surface area contributed by atoms with E-state index in [1.807, 2.05) is 0 Å². The van der Waals surface area contributed by atoms with Crippen molar-refractivity contribution in [1.82, 2.24) is 15.1 Å². The number of carbonyl (C=O) groups is 2. The number of piperidine rings is 1. The molecule has 1 saturated heterocycles. The lowest BCUT2D eigenvalue weighted by Gasteiger charge is -2.14. The van der Waals surface area contributed by atoms with Crippen molar-refractivity contribution in [2.45, 2.75) is 13.0 Å². The summed E-state index contributed by atoms with van der Waals surface area (Å²) in [5.41, 5.74) is 0.799. The third kappa shape index (κ3) is 0.921. The number of carbonyl (C=O) groups excluding carboxylic acids is 2. The summed E-state index contributed by atoms with van der Waals surface area (Å²) in [5, 5.41) is 6.51. The van der Waals surface area contributed by atoms with Crippen molar-refractivity contribution in [3.8, 4) is 0 Å². The SMILES string of the molecule is O=C1C2CC2C(=O)N1Cc1ccn[nH]1. The molecule has 0 radical (unpaired) electrons. The fraction of sp³-hybridized carbons (Fsp3) is 0.444. The van der Waals surface area contributed by atoms with Crippen LogP contribution in [-0.2, 0) is 16.1 Å². The van der Waals surface area contributed by atoms with E-state index in [1.54, 1.807) is 12.3 Å². The van der Waals surface area contributed by atoms with Gasteiger partial charge in [-0.05, 0) is 12.5 Å². The summed E-state index contributed by atoms with van der Waals surface area (Å²) in [6.07, 6.45) is 2.37. The Morgan fingerprint density at radius 1 is 1.43 bits per heavy atom. The number of hydrogen-bond acceptors (Lipinski definition) is 3. The van der Waals surface area contributed by atoms with Crippen molar-refractivity contribution in [1.29, 1.82) is 0 Å². The Hall–Kier alpha value is -1.65. The molecule has 0 aromatic carbocycles. The second-order valence-electron chi connectivity index (χ2n) is 3.79. The molecule has 5 nitrogen and oxygen atoms in total. The van der Waals surface area contributed by atoms with Crippen LogP contribution in [0, 0.1) is 11.8 Å². The van der Waals surface area contributed by atoms with E-state index in [0.717, 1.165) is 12.1 Å². The third-order valence-corrected chi connectivity index (χ3v) is 2.84. The van der Waals surface area contributed by atoms with Gasteiger partial charge >= 0.3 is 0 Å². The number of rotatable bonds is 2. The third-order valence-electron chi connectivity index (χ3n) is 2.84. The molecule has 0 spiro atoms. The number of aromatic amines is 1. The van der Waals surface area contributed by atoms with Crippen LogP contribution in [0.25, 0.3) is 0 Å². The molecule has 14 heavy (non-hydrogen) atoms. The molecule has 1 aromatic heterocycles. The van der Waals surface area contributed by atoms with Crippen LogP contribution in [0.3, 0.4) is 0 Å². The van der Waals surface area contributed by atoms with Crippen LogP contribution in [0.5, 0.6) is 0 Å². The van der Waals surface area contributed by atoms with Crippen molar-refractivity contribution >= 4 is 11.8 Å². The van der Waals surface area contributed by atoms with E-state index >= 15 is 0 Å². The van der Waals surface area contributed by atoms with Gasteiger partial charge in [-0.15, -0.1) is 0 Å². The van der Waals surface area contributed by atoms with Gasteiger partial charge in [0.05, 0.1) is 24.1 Å². The van der Waals surface area contributed by atoms with Gasteiger partial charge in [0, 0.05) is 6.20 Å². The quantitative estimate of drug-likeness (QED) is 0.664. The molecule has 3 rings (SSSR count). The van der Waals surface area contributed by atoms with Crippen molar-refractivity contribution in [3.63, 3.8) is 0 Å². The number of nitrogens with zero attached hydrogens (tertiary/aromatic N) is 2. The minimum Gasteiger partial charge on any atom is -0.281 e. The first kappa shape index (κ1) is 7.73. The van der Waals surface area contributed by atoms with Crippen LogP contribution in [-0.4, -0.2) is 26.9 Å². The number of imide groups is 1. The Morgan fingerprint density at radius 3 is 2.71 bits per heavy atom. The maximum absolute atomic E-state index is 11.6. The lowest BCUT2D eigenvalue weighted by molar-refractivity contribution is -0.142. The second-order valence-corrected chi connectivity index (χ2v) is 3.79. The lowest BCUT2D eigenvalue weighted by Crippen LogP contribution is -2.32.